The van der Waals surface area contributed by atoms with Crippen LogP contribution in [0.25, 0.3) is 22.9 Å². The fourth-order valence-electron chi connectivity index (χ4n) is 2.02. The van der Waals surface area contributed by atoms with Crippen LogP contribution in [0.3, 0.4) is 0 Å². The number of nitrogens with zero attached hydrogens (tertiary/aromatic N) is 2. The van der Waals surface area contributed by atoms with Gasteiger partial charge >= 0.3 is 0 Å². The molecular formula is C18H10BrFN2S. The van der Waals surface area contributed by atoms with Crippen LogP contribution in [0.2, 0.25) is 0 Å². The maximum absolute atomic E-state index is 13.0. The fourth-order valence-corrected chi connectivity index (χ4v) is 3.08. The summed E-state index contributed by atoms with van der Waals surface area (Å²) < 4.78 is 14.0. The molecule has 0 saturated carbocycles. The zero-order chi connectivity index (χ0) is 16.2. The van der Waals surface area contributed by atoms with Crippen LogP contribution < -0.4 is 0 Å². The molecule has 5 heteroatoms. The van der Waals surface area contributed by atoms with Gasteiger partial charge < -0.3 is 0 Å². The highest BCUT2D eigenvalue weighted by Gasteiger charge is 2.09. The number of nitriles is 1. The van der Waals surface area contributed by atoms with Crippen molar-refractivity contribution in [2.45, 2.75) is 0 Å². The van der Waals surface area contributed by atoms with Crippen LogP contribution in [0.1, 0.15) is 10.6 Å². The Morgan fingerprint density at radius 3 is 2.48 bits per heavy atom. The molecule has 3 aromatic rings. The van der Waals surface area contributed by atoms with Crippen molar-refractivity contribution in [1.82, 2.24) is 4.98 Å². The first-order valence-corrected chi connectivity index (χ1v) is 8.42. The Balaban J connectivity index is 1.92. The van der Waals surface area contributed by atoms with Gasteiger partial charge in [0.05, 0.1) is 11.3 Å². The number of aromatic nitrogens is 1. The van der Waals surface area contributed by atoms with E-state index in [1.807, 2.05) is 29.6 Å². The number of thiazole rings is 1. The van der Waals surface area contributed by atoms with E-state index in [4.69, 9.17) is 0 Å². The normalized spacial score (nSPS) is 11.3. The molecule has 3 rings (SSSR count). The Hall–Kier alpha value is -2.29. The van der Waals surface area contributed by atoms with Gasteiger partial charge in [0.25, 0.3) is 0 Å². The lowest BCUT2D eigenvalue weighted by Crippen LogP contribution is -1.83. The van der Waals surface area contributed by atoms with Crippen LogP contribution in [0.5, 0.6) is 0 Å². The van der Waals surface area contributed by atoms with E-state index < -0.39 is 0 Å². The predicted molar refractivity (Wildman–Crippen MR) is 95.1 cm³/mol. The number of hydrogen-bond donors (Lipinski definition) is 0. The Labute approximate surface area is 145 Å². The van der Waals surface area contributed by atoms with Crippen LogP contribution in [0.15, 0.2) is 58.4 Å². The van der Waals surface area contributed by atoms with Crippen LogP contribution >= 0.6 is 27.3 Å². The molecule has 23 heavy (non-hydrogen) atoms. The maximum Gasteiger partial charge on any atom is 0.134 e. The molecule has 0 saturated heterocycles. The van der Waals surface area contributed by atoms with Crippen molar-refractivity contribution in [2.75, 3.05) is 0 Å². The number of rotatable bonds is 3. The van der Waals surface area contributed by atoms with E-state index in [2.05, 4.69) is 27.0 Å². The summed E-state index contributed by atoms with van der Waals surface area (Å²) in [5.74, 6) is -0.281. The lowest BCUT2D eigenvalue weighted by atomic mass is 10.1. The second-order valence-electron chi connectivity index (χ2n) is 4.77. The van der Waals surface area contributed by atoms with E-state index in [1.54, 1.807) is 18.2 Å². The molecule has 0 fully saturated rings. The summed E-state index contributed by atoms with van der Waals surface area (Å²) in [5.41, 5.74) is 3.01. The van der Waals surface area contributed by atoms with Crippen molar-refractivity contribution in [2.24, 2.45) is 0 Å². The quantitative estimate of drug-likeness (QED) is 0.536. The Bertz CT molecular complexity index is 890. The third-order valence-corrected chi connectivity index (χ3v) is 4.58. The highest BCUT2D eigenvalue weighted by atomic mass is 79.9. The van der Waals surface area contributed by atoms with Crippen molar-refractivity contribution in [3.63, 3.8) is 0 Å². The van der Waals surface area contributed by atoms with Crippen molar-refractivity contribution in [3.8, 4) is 17.3 Å². The minimum atomic E-state index is -0.281. The molecule has 0 atom stereocenters. The van der Waals surface area contributed by atoms with Crippen LogP contribution in [0, 0.1) is 17.1 Å². The summed E-state index contributed by atoms with van der Waals surface area (Å²) in [7, 11) is 0. The number of halogens is 2. The summed E-state index contributed by atoms with van der Waals surface area (Å²) >= 11 is 4.78. The second-order valence-corrected chi connectivity index (χ2v) is 6.54. The average molecular weight is 385 g/mol. The predicted octanol–water partition coefficient (Wildman–Crippen LogP) is 5.78. The summed E-state index contributed by atoms with van der Waals surface area (Å²) in [4.78, 5) is 4.49. The third-order valence-electron chi connectivity index (χ3n) is 3.18. The van der Waals surface area contributed by atoms with E-state index in [9.17, 15) is 9.65 Å². The molecule has 2 aromatic carbocycles. The van der Waals surface area contributed by atoms with Crippen molar-refractivity contribution >= 4 is 38.9 Å². The van der Waals surface area contributed by atoms with E-state index in [-0.39, 0.29) is 5.82 Å². The Kier molecular flexibility index (Phi) is 4.65. The minimum Gasteiger partial charge on any atom is -0.235 e. The lowest BCUT2D eigenvalue weighted by molar-refractivity contribution is 0.628. The minimum absolute atomic E-state index is 0.281. The molecule has 2 nitrogen and oxygen atoms in total. The monoisotopic (exact) mass is 384 g/mol. The van der Waals surface area contributed by atoms with Crippen LogP contribution in [-0.4, -0.2) is 4.98 Å². The van der Waals surface area contributed by atoms with Crippen molar-refractivity contribution in [3.05, 3.63) is 74.8 Å². The number of hydrogen-bond acceptors (Lipinski definition) is 3. The van der Waals surface area contributed by atoms with Gasteiger partial charge in [-0.25, -0.2) is 9.37 Å². The molecule has 0 amide bonds. The summed E-state index contributed by atoms with van der Waals surface area (Å²) in [6.45, 7) is 0. The first-order valence-electron chi connectivity index (χ1n) is 6.75. The van der Waals surface area contributed by atoms with Gasteiger partial charge in [0.2, 0.25) is 0 Å². The van der Waals surface area contributed by atoms with E-state index in [0.717, 1.165) is 21.3 Å². The maximum atomic E-state index is 13.0. The molecule has 0 aliphatic rings. The summed E-state index contributed by atoms with van der Waals surface area (Å²) in [6, 6.07) is 16.1. The van der Waals surface area contributed by atoms with E-state index in [1.165, 1.54) is 23.5 Å². The molecule has 1 heterocycles. The third kappa shape index (κ3) is 3.73. The first kappa shape index (κ1) is 15.6. The second kappa shape index (κ2) is 6.86. The summed E-state index contributed by atoms with van der Waals surface area (Å²) in [5, 5.41) is 11.9. The van der Waals surface area contributed by atoms with Gasteiger partial charge in [0, 0.05) is 15.4 Å². The zero-order valence-electron chi connectivity index (χ0n) is 11.8. The highest BCUT2D eigenvalue weighted by molar-refractivity contribution is 9.10. The van der Waals surface area contributed by atoms with Gasteiger partial charge in [-0.15, -0.1) is 11.3 Å². The Morgan fingerprint density at radius 1 is 1.13 bits per heavy atom. The largest absolute Gasteiger partial charge is 0.235 e. The van der Waals surface area contributed by atoms with Gasteiger partial charge in [-0.05, 0) is 48.0 Å². The Morgan fingerprint density at radius 2 is 1.83 bits per heavy atom. The van der Waals surface area contributed by atoms with Crippen molar-refractivity contribution < 1.29 is 4.39 Å². The standard InChI is InChI=1S/C18H10BrFN2S/c19-15-5-1-12(2-6-15)9-14(10-21)18-22-17(11-23-18)13-3-7-16(20)8-4-13/h1-9,11H/b14-9+. The molecule has 0 aliphatic carbocycles. The molecule has 0 spiro atoms. The first-order chi connectivity index (χ1) is 11.2. The van der Waals surface area contributed by atoms with Crippen LogP contribution in [-0.2, 0) is 0 Å². The number of benzene rings is 2. The summed E-state index contributed by atoms with van der Waals surface area (Å²) in [6.07, 6.45) is 1.81. The molecular weight excluding hydrogens is 375 g/mol. The average Bonchev–Trinajstić information content (AvgIpc) is 3.05. The SMILES string of the molecule is N#C/C(=C\c1ccc(Br)cc1)c1nc(-c2ccc(F)cc2)cs1. The van der Waals surface area contributed by atoms with Gasteiger partial charge in [-0.2, -0.15) is 5.26 Å². The molecule has 0 unspecified atom stereocenters. The topological polar surface area (TPSA) is 36.7 Å². The van der Waals surface area contributed by atoms with Crippen molar-refractivity contribution in [1.29, 1.82) is 5.26 Å². The smallest absolute Gasteiger partial charge is 0.134 e. The number of allylic oxidation sites excluding steroid dienone is 1. The molecule has 0 aliphatic heterocycles. The molecule has 112 valence electrons. The van der Waals surface area contributed by atoms with Gasteiger partial charge in [-0.1, -0.05) is 28.1 Å². The van der Waals surface area contributed by atoms with Gasteiger partial charge in [-0.3, -0.25) is 0 Å². The molecule has 0 N–H and O–H groups in total. The molecule has 0 bridgehead atoms. The molecule has 0 radical (unpaired) electrons. The van der Waals surface area contributed by atoms with E-state index >= 15 is 0 Å². The van der Waals surface area contributed by atoms with Gasteiger partial charge in [0.1, 0.15) is 16.9 Å². The lowest BCUT2D eigenvalue weighted by Gasteiger charge is -1.97. The van der Waals surface area contributed by atoms with E-state index in [0.29, 0.717) is 10.6 Å². The van der Waals surface area contributed by atoms with Gasteiger partial charge in [0.15, 0.2) is 0 Å². The van der Waals surface area contributed by atoms with Crippen LogP contribution in [0.4, 0.5) is 4.39 Å². The zero-order valence-corrected chi connectivity index (χ0v) is 14.2. The molecule has 1 aromatic heterocycles. The fraction of sp³-hybridized carbons (Fsp3) is 0. The highest BCUT2D eigenvalue weighted by Crippen LogP contribution is 2.27.